The van der Waals surface area contributed by atoms with Crippen molar-refractivity contribution >= 4 is 16.8 Å². The van der Waals surface area contributed by atoms with E-state index in [0.717, 1.165) is 36.3 Å². The molecule has 5 heteroatoms. The Morgan fingerprint density at radius 2 is 2.04 bits per heavy atom. The van der Waals surface area contributed by atoms with Gasteiger partial charge in [0.15, 0.2) is 0 Å². The van der Waals surface area contributed by atoms with Crippen LogP contribution in [0.25, 0.3) is 10.9 Å². The van der Waals surface area contributed by atoms with Crippen molar-refractivity contribution in [2.45, 2.75) is 39.3 Å². The second-order valence-corrected chi connectivity index (χ2v) is 6.96. The van der Waals surface area contributed by atoms with Crippen LogP contribution in [0, 0.1) is 13.8 Å². The lowest BCUT2D eigenvalue weighted by Crippen LogP contribution is -2.33. The monoisotopic (exact) mass is 336 g/mol. The number of nitrogens with zero attached hydrogens (tertiary/aromatic N) is 4. The molecule has 130 valence electrons. The zero-order valence-corrected chi connectivity index (χ0v) is 15.1. The zero-order valence-electron chi connectivity index (χ0n) is 15.1. The van der Waals surface area contributed by atoms with E-state index in [1.54, 1.807) is 0 Å². The third-order valence-corrected chi connectivity index (χ3v) is 5.46. The summed E-state index contributed by atoms with van der Waals surface area (Å²) in [5, 5.41) is 5.71. The minimum absolute atomic E-state index is 0.156. The van der Waals surface area contributed by atoms with Gasteiger partial charge in [-0.2, -0.15) is 5.10 Å². The van der Waals surface area contributed by atoms with E-state index in [-0.39, 0.29) is 11.9 Å². The Morgan fingerprint density at radius 1 is 1.24 bits per heavy atom. The number of fused-ring (bicyclic) bond motifs is 1. The number of para-hydroxylation sites is 1. The maximum Gasteiger partial charge on any atom is 0.243 e. The number of rotatable bonds is 3. The number of amides is 1. The summed E-state index contributed by atoms with van der Waals surface area (Å²) in [6, 6.07) is 10.4. The van der Waals surface area contributed by atoms with Crippen LogP contribution in [0.15, 0.2) is 36.5 Å². The first-order valence-electron chi connectivity index (χ1n) is 8.89. The first-order valence-corrected chi connectivity index (χ1v) is 8.89. The van der Waals surface area contributed by atoms with Crippen molar-refractivity contribution in [3.05, 3.63) is 53.5 Å². The van der Waals surface area contributed by atoms with Gasteiger partial charge in [0.25, 0.3) is 0 Å². The Balaban J connectivity index is 1.61. The number of carbonyl (C=O) groups is 1. The predicted molar refractivity (Wildman–Crippen MR) is 98.3 cm³/mol. The molecule has 0 N–H and O–H groups in total. The van der Waals surface area contributed by atoms with E-state index >= 15 is 0 Å². The normalized spacial score (nSPS) is 17.6. The summed E-state index contributed by atoms with van der Waals surface area (Å²) in [6.07, 6.45) is 4.08. The summed E-state index contributed by atoms with van der Waals surface area (Å²) in [6.45, 7) is 5.36. The quantitative estimate of drug-likeness (QED) is 0.736. The van der Waals surface area contributed by atoms with Crippen LogP contribution >= 0.6 is 0 Å². The number of hydrogen-bond donors (Lipinski definition) is 0. The second kappa shape index (κ2) is 6.06. The number of aryl methyl sites for hydroxylation is 2. The van der Waals surface area contributed by atoms with Crippen molar-refractivity contribution < 1.29 is 4.79 Å². The van der Waals surface area contributed by atoms with E-state index in [1.807, 2.05) is 41.9 Å². The number of carbonyl (C=O) groups excluding carboxylic acids is 1. The highest BCUT2D eigenvalue weighted by Crippen LogP contribution is 2.35. The molecule has 0 saturated carbocycles. The Hall–Kier alpha value is -2.56. The lowest BCUT2D eigenvalue weighted by molar-refractivity contribution is -0.132. The van der Waals surface area contributed by atoms with Gasteiger partial charge in [-0.15, -0.1) is 0 Å². The summed E-state index contributed by atoms with van der Waals surface area (Å²) in [5.41, 5.74) is 4.54. The smallest absolute Gasteiger partial charge is 0.243 e. The summed E-state index contributed by atoms with van der Waals surface area (Å²) in [5.74, 6) is 0.187. The summed E-state index contributed by atoms with van der Waals surface area (Å²) in [4.78, 5) is 15.1. The van der Waals surface area contributed by atoms with Crippen LogP contribution in [0.3, 0.4) is 0 Å². The molecule has 0 aliphatic carbocycles. The highest BCUT2D eigenvalue weighted by atomic mass is 16.2. The van der Waals surface area contributed by atoms with Gasteiger partial charge in [0.1, 0.15) is 6.54 Å². The van der Waals surface area contributed by atoms with Crippen LogP contribution in [-0.2, 0) is 18.4 Å². The molecule has 1 saturated heterocycles. The van der Waals surface area contributed by atoms with E-state index in [9.17, 15) is 4.79 Å². The second-order valence-electron chi connectivity index (χ2n) is 6.96. The van der Waals surface area contributed by atoms with Crippen LogP contribution in [0.4, 0.5) is 0 Å². The van der Waals surface area contributed by atoms with Crippen molar-refractivity contribution in [2.24, 2.45) is 7.05 Å². The molecular formula is C20H24N4O. The lowest BCUT2D eigenvalue weighted by Gasteiger charge is -2.26. The fourth-order valence-electron chi connectivity index (χ4n) is 4.15. The SMILES string of the molecule is Cc1nn(C)c(C)c1C1CCCN1C(=O)Cn1ccc2ccccc21. The van der Waals surface area contributed by atoms with Crippen molar-refractivity contribution in [1.29, 1.82) is 0 Å². The van der Waals surface area contributed by atoms with Crippen LogP contribution in [0.2, 0.25) is 0 Å². The maximum absolute atomic E-state index is 13.0. The lowest BCUT2D eigenvalue weighted by atomic mass is 10.0. The molecule has 1 aromatic carbocycles. The Morgan fingerprint density at radius 3 is 2.80 bits per heavy atom. The summed E-state index contributed by atoms with van der Waals surface area (Å²) < 4.78 is 3.97. The van der Waals surface area contributed by atoms with E-state index in [0.29, 0.717) is 6.54 Å². The molecule has 1 amide bonds. The number of benzene rings is 1. The molecule has 1 atom stereocenters. The minimum Gasteiger partial charge on any atom is -0.338 e. The molecule has 1 aliphatic rings. The molecule has 25 heavy (non-hydrogen) atoms. The fraction of sp³-hybridized carbons (Fsp3) is 0.400. The largest absolute Gasteiger partial charge is 0.338 e. The van der Waals surface area contributed by atoms with Gasteiger partial charge in [-0.05, 0) is 44.2 Å². The zero-order chi connectivity index (χ0) is 17.6. The van der Waals surface area contributed by atoms with Gasteiger partial charge in [-0.1, -0.05) is 18.2 Å². The molecule has 4 rings (SSSR count). The average Bonchev–Trinajstić information content (AvgIpc) is 3.27. The standard InChI is InChI=1S/C20H24N4O/c1-14-20(15(2)22(3)21-14)18-9-6-11-24(18)19(25)13-23-12-10-16-7-4-5-8-17(16)23/h4-5,7-8,10,12,18H,6,9,11,13H2,1-3H3. The molecule has 2 aromatic heterocycles. The van der Waals surface area contributed by atoms with Crippen molar-refractivity contribution in [2.75, 3.05) is 6.54 Å². The van der Waals surface area contributed by atoms with Crippen LogP contribution in [0.1, 0.15) is 35.8 Å². The number of likely N-dealkylation sites (tertiary alicyclic amines) is 1. The van der Waals surface area contributed by atoms with Crippen LogP contribution < -0.4 is 0 Å². The molecular weight excluding hydrogens is 312 g/mol. The number of hydrogen-bond acceptors (Lipinski definition) is 2. The van der Waals surface area contributed by atoms with Crippen LogP contribution in [0.5, 0.6) is 0 Å². The Kier molecular flexibility index (Phi) is 3.86. The Labute approximate surface area is 147 Å². The highest BCUT2D eigenvalue weighted by molar-refractivity contribution is 5.83. The van der Waals surface area contributed by atoms with Crippen LogP contribution in [-0.4, -0.2) is 31.7 Å². The van der Waals surface area contributed by atoms with E-state index in [1.165, 1.54) is 10.9 Å². The van der Waals surface area contributed by atoms with Gasteiger partial charge in [0.2, 0.25) is 5.91 Å². The van der Waals surface area contributed by atoms with Gasteiger partial charge in [0, 0.05) is 36.6 Å². The molecule has 0 bridgehead atoms. The van der Waals surface area contributed by atoms with Gasteiger partial charge < -0.3 is 9.47 Å². The van der Waals surface area contributed by atoms with Gasteiger partial charge in [-0.25, -0.2) is 0 Å². The highest BCUT2D eigenvalue weighted by Gasteiger charge is 2.33. The van der Waals surface area contributed by atoms with Crippen molar-refractivity contribution in [3.8, 4) is 0 Å². The van der Waals surface area contributed by atoms with Gasteiger partial charge in [-0.3, -0.25) is 9.48 Å². The van der Waals surface area contributed by atoms with Crippen molar-refractivity contribution in [1.82, 2.24) is 19.2 Å². The van der Waals surface area contributed by atoms with Crippen molar-refractivity contribution in [3.63, 3.8) is 0 Å². The molecule has 3 heterocycles. The fourth-order valence-corrected chi connectivity index (χ4v) is 4.15. The number of aromatic nitrogens is 3. The molecule has 1 unspecified atom stereocenters. The predicted octanol–water partition coefficient (Wildman–Crippen LogP) is 3.36. The average molecular weight is 336 g/mol. The molecule has 1 fully saturated rings. The summed E-state index contributed by atoms with van der Waals surface area (Å²) >= 11 is 0. The molecule has 0 radical (unpaired) electrons. The molecule has 1 aliphatic heterocycles. The summed E-state index contributed by atoms with van der Waals surface area (Å²) in [7, 11) is 1.97. The van der Waals surface area contributed by atoms with Gasteiger partial charge >= 0.3 is 0 Å². The molecule has 0 spiro atoms. The third-order valence-electron chi connectivity index (χ3n) is 5.46. The van der Waals surface area contributed by atoms with E-state index < -0.39 is 0 Å². The molecule has 3 aromatic rings. The van der Waals surface area contributed by atoms with E-state index in [4.69, 9.17) is 0 Å². The van der Waals surface area contributed by atoms with E-state index in [2.05, 4.69) is 34.8 Å². The molecule has 5 nitrogen and oxygen atoms in total. The Bertz CT molecular complexity index is 936. The maximum atomic E-state index is 13.0. The first kappa shape index (κ1) is 15.9. The van der Waals surface area contributed by atoms with Gasteiger partial charge in [0.05, 0.1) is 11.7 Å². The third kappa shape index (κ3) is 2.64. The topological polar surface area (TPSA) is 43.1 Å². The first-order chi connectivity index (χ1) is 12.1. The minimum atomic E-state index is 0.156.